The van der Waals surface area contributed by atoms with E-state index in [0.29, 0.717) is 29.1 Å². The molecule has 43 heavy (non-hydrogen) atoms. The zero-order valence-corrected chi connectivity index (χ0v) is 24.1. The first-order chi connectivity index (χ1) is 20.4. The van der Waals surface area contributed by atoms with Gasteiger partial charge in [0.2, 0.25) is 12.3 Å². The van der Waals surface area contributed by atoms with Gasteiger partial charge in [0.05, 0.1) is 25.4 Å². The number of carbonyl (C=O) groups excluding carboxylic acids is 2. The highest BCUT2D eigenvalue weighted by molar-refractivity contribution is 7.81. The fourth-order valence-corrected chi connectivity index (χ4v) is 4.19. The molecular weight excluding hydrogens is 585 g/mol. The second-order valence-electron chi connectivity index (χ2n) is 9.59. The summed E-state index contributed by atoms with van der Waals surface area (Å²) in [6.45, 7) is 1.98. The number of aromatic nitrogens is 1. The van der Waals surface area contributed by atoms with E-state index in [4.69, 9.17) is 18.8 Å². The number of pyridine rings is 1. The van der Waals surface area contributed by atoms with Gasteiger partial charge in [-0.3, -0.25) is 19.1 Å². The van der Waals surface area contributed by atoms with Gasteiger partial charge in [-0.25, -0.2) is 4.39 Å². The molecule has 0 bridgehead atoms. The highest BCUT2D eigenvalue weighted by Gasteiger charge is 2.44. The van der Waals surface area contributed by atoms with E-state index in [-0.39, 0.29) is 23.4 Å². The Morgan fingerprint density at radius 3 is 2.26 bits per heavy atom. The van der Waals surface area contributed by atoms with Crippen LogP contribution in [-0.4, -0.2) is 44.5 Å². The molecule has 2 amide bonds. The number of hydrogen-bond donors (Lipinski definition) is 3. The number of benzene rings is 3. The summed E-state index contributed by atoms with van der Waals surface area (Å²) in [4.78, 5) is 26.6. The third-order valence-corrected chi connectivity index (χ3v) is 6.84. The van der Waals surface area contributed by atoms with Crippen LogP contribution in [0.1, 0.15) is 19.8 Å². The number of anilines is 2. The number of methoxy groups -OCH3 is 2. The number of hydrogen-bond acceptors (Lipinski definition) is 9. The molecule has 0 aliphatic heterocycles. The molecule has 5 rings (SSSR count). The van der Waals surface area contributed by atoms with Crippen LogP contribution in [0.3, 0.4) is 0 Å². The Labute approximate surface area is 246 Å². The van der Waals surface area contributed by atoms with E-state index < -0.39 is 22.0 Å². The average Bonchev–Trinajstić information content (AvgIpc) is 3.73. The fraction of sp³-hybridized carbons (Fsp3) is 0.207. The van der Waals surface area contributed by atoms with Crippen LogP contribution in [0.4, 0.5) is 15.8 Å². The van der Waals surface area contributed by atoms with Crippen molar-refractivity contribution in [1.82, 2.24) is 4.98 Å². The molecule has 0 saturated heterocycles. The second-order valence-corrected chi connectivity index (χ2v) is 10.6. The van der Waals surface area contributed by atoms with E-state index in [2.05, 4.69) is 19.8 Å². The minimum Gasteiger partial charge on any atom is -0.493 e. The second kappa shape index (κ2) is 12.9. The monoisotopic (exact) mass is 613 g/mol. The number of rotatable bonds is 10. The summed E-state index contributed by atoms with van der Waals surface area (Å²) in [5.41, 5.74) is 1.22. The lowest BCUT2D eigenvalue weighted by atomic mass is 10.1. The van der Waals surface area contributed by atoms with E-state index in [9.17, 15) is 22.4 Å². The maximum atomic E-state index is 12.7. The predicted octanol–water partition coefficient (Wildman–Crippen LogP) is 5.36. The zero-order valence-electron chi connectivity index (χ0n) is 23.3. The maximum Gasteiger partial charge on any atom is 0.446 e. The number of nitrogens with zero attached hydrogens (tertiary/aromatic N) is 1. The van der Waals surface area contributed by atoms with Gasteiger partial charge in [0, 0.05) is 34.8 Å². The van der Waals surface area contributed by atoms with Gasteiger partial charge in [0.25, 0.3) is 0 Å². The Hall–Kier alpha value is -4.95. The van der Waals surface area contributed by atoms with Gasteiger partial charge in [-0.2, -0.15) is 8.42 Å². The van der Waals surface area contributed by atoms with Crippen molar-refractivity contribution in [2.24, 2.45) is 5.41 Å². The number of nitrogens with one attached hydrogen (secondary N) is 2. The van der Waals surface area contributed by atoms with E-state index in [1.165, 1.54) is 0 Å². The lowest BCUT2D eigenvalue weighted by molar-refractivity contribution is -0.120. The Bertz CT molecular complexity index is 1740. The Balaban J connectivity index is 0.000000239. The first-order valence-electron chi connectivity index (χ1n) is 12.7. The van der Waals surface area contributed by atoms with Crippen LogP contribution in [0, 0.1) is 11.2 Å². The third-order valence-electron chi connectivity index (χ3n) is 6.45. The first-order valence-corrected chi connectivity index (χ1v) is 14.1. The van der Waals surface area contributed by atoms with Crippen molar-refractivity contribution in [2.45, 2.75) is 19.8 Å². The topological polar surface area (TPSA) is 162 Å². The van der Waals surface area contributed by atoms with Crippen molar-refractivity contribution in [3.05, 3.63) is 72.7 Å². The van der Waals surface area contributed by atoms with Crippen LogP contribution >= 0.6 is 0 Å². The molecule has 1 fully saturated rings. The minimum absolute atomic E-state index is 0.0716. The number of fused-ring (bicyclic) bond motifs is 1. The number of ether oxygens (including phenoxy) is 3. The van der Waals surface area contributed by atoms with Crippen LogP contribution < -0.4 is 29.0 Å². The van der Waals surface area contributed by atoms with E-state index in [1.807, 2.05) is 43.3 Å². The lowest BCUT2D eigenvalue weighted by Crippen LogP contribution is -2.21. The minimum atomic E-state index is -4.76. The van der Waals surface area contributed by atoms with Gasteiger partial charge in [-0.05, 0) is 61.4 Å². The van der Waals surface area contributed by atoms with Gasteiger partial charge in [0.1, 0.15) is 17.3 Å². The zero-order chi connectivity index (χ0) is 31.2. The molecule has 0 unspecified atom stereocenters. The SMILES string of the molecule is COc1cc2nccc(Oc3ccc(NC(=O)C4(C)CC4)cc3)c2cc1OC.O=CNc1ccc(F)cc1OS(=O)(=O)O. The van der Waals surface area contributed by atoms with Gasteiger partial charge in [-0.15, -0.1) is 0 Å². The predicted molar refractivity (Wildman–Crippen MR) is 156 cm³/mol. The van der Waals surface area contributed by atoms with Crippen molar-refractivity contribution < 1.29 is 45.3 Å². The van der Waals surface area contributed by atoms with Crippen LogP contribution in [0.2, 0.25) is 0 Å². The molecule has 1 saturated carbocycles. The highest BCUT2D eigenvalue weighted by Crippen LogP contribution is 2.45. The molecule has 3 N–H and O–H groups in total. The Morgan fingerprint density at radius 1 is 0.977 bits per heavy atom. The number of amides is 2. The van der Waals surface area contributed by atoms with Crippen LogP contribution in [0.25, 0.3) is 10.9 Å². The molecule has 1 aliphatic carbocycles. The number of carbonyl (C=O) groups is 2. The number of halogens is 1. The molecule has 1 aromatic heterocycles. The van der Waals surface area contributed by atoms with Crippen molar-refractivity contribution in [3.63, 3.8) is 0 Å². The molecule has 1 heterocycles. The molecule has 14 heteroatoms. The maximum absolute atomic E-state index is 12.7. The van der Waals surface area contributed by atoms with Crippen molar-refractivity contribution in [3.8, 4) is 28.7 Å². The smallest absolute Gasteiger partial charge is 0.446 e. The quantitative estimate of drug-likeness (QED) is 0.157. The highest BCUT2D eigenvalue weighted by atomic mass is 32.3. The lowest BCUT2D eigenvalue weighted by Gasteiger charge is -2.13. The van der Waals surface area contributed by atoms with Crippen molar-refractivity contribution in [1.29, 1.82) is 0 Å². The van der Waals surface area contributed by atoms with E-state index in [0.717, 1.165) is 41.6 Å². The average molecular weight is 614 g/mol. The summed E-state index contributed by atoms with van der Waals surface area (Å²) >= 11 is 0. The summed E-state index contributed by atoms with van der Waals surface area (Å²) in [6, 6.07) is 15.6. The fourth-order valence-electron chi connectivity index (χ4n) is 3.83. The largest absolute Gasteiger partial charge is 0.493 e. The Kier molecular flexibility index (Phi) is 9.31. The van der Waals surface area contributed by atoms with Gasteiger partial charge in [-0.1, -0.05) is 6.92 Å². The van der Waals surface area contributed by atoms with Crippen LogP contribution in [0.5, 0.6) is 28.7 Å². The summed E-state index contributed by atoms with van der Waals surface area (Å²) in [5, 5.41) is 5.85. The molecular formula is C29H28FN3O9S. The molecule has 4 aromatic rings. The van der Waals surface area contributed by atoms with Crippen molar-refractivity contribution in [2.75, 3.05) is 24.9 Å². The van der Waals surface area contributed by atoms with Crippen LogP contribution in [0.15, 0.2) is 66.9 Å². The molecule has 3 aromatic carbocycles. The molecule has 12 nitrogen and oxygen atoms in total. The molecule has 226 valence electrons. The van der Waals surface area contributed by atoms with E-state index >= 15 is 0 Å². The summed E-state index contributed by atoms with van der Waals surface area (Å²) in [6.07, 6.45) is 3.84. The van der Waals surface area contributed by atoms with E-state index in [1.54, 1.807) is 26.5 Å². The van der Waals surface area contributed by atoms with Gasteiger partial charge >= 0.3 is 10.4 Å². The normalized spacial score (nSPS) is 13.1. The third kappa shape index (κ3) is 8.08. The van der Waals surface area contributed by atoms with Gasteiger partial charge < -0.3 is 29.0 Å². The summed E-state index contributed by atoms with van der Waals surface area (Å²) < 4.78 is 62.6. The Morgan fingerprint density at radius 2 is 1.65 bits per heavy atom. The van der Waals surface area contributed by atoms with Crippen LogP contribution in [-0.2, 0) is 20.0 Å². The summed E-state index contributed by atoms with van der Waals surface area (Å²) in [7, 11) is -1.57. The summed E-state index contributed by atoms with van der Waals surface area (Å²) in [5.74, 6) is 1.34. The molecule has 0 radical (unpaired) electrons. The molecule has 0 spiro atoms. The standard InChI is InChI=1S/C22H22N2O4.C7H6FNO5S/c1-22(9-10-22)21(25)24-14-4-6-15(7-5-14)28-18-8-11-23-17-13-20(27-3)19(26-2)12-16(17)18;8-5-1-2-6(9-4-10)7(3-5)14-15(11,12)13/h4-8,11-13H,9-10H2,1-3H3,(H,24,25);1-4H,(H,9,10)(H,11,12,13). The molecule has 1 aliphatic rings. The molecule has 0 atom stereocenters. The van der Waals surface area contributed by atoms with Gasteiger partial charge in [0.15, 0.2) is 17.2 Å². The first kappa shape index (κ1) is 31.0. The van der Waals surface area contributed by atoms with Crippen molar-refractivity contribution >= 4 is 45.0 Å².